The van der Waals surface area contributed by atoms with Crippen LogP contribution in [0.4, 0.5) is 5.69 Å². The third-order valence-corrected chi connectivity index (χ3v) is 7.55. The first-order valence-electron chi connectivity index (χ1n) is 10.8. The number of carbonyl (C=O) groups is 1. The van der Waals surface area contributed by atoms with Crippen LogP contribution < -0.4 is 4.31 Å². The van der Waals surface area contributed by atoms with E-state index >= 15 is 0 Å². The molecule has 30 heavy (non-hydrogen) atoms. The Hall–Kier alpha value is -2.07. The van der Waals surface area contributed by atoms with Crippen molar-refractivity contribution in [3.05, 3.63) is 51.7 Å². The molecular formula is C26H32N2OS. The maximum Gasteiger partial charge on any atom is 0.124 e. The molecule has 2 aliphatic rings. The summed E-state index contributed by atoms with van der Waals surface area (Å²) in [5.41, 5.74) is 12.8. The van der Waals surface area contributed by atoms with E-state index in [4.69, 9.17) is 4.98 Å². The molecule has 0 saturated carbocycles. The number of carbonyl (C=O) groups excluding carboxylic acids is 1. The molecule has 1 aromatic heterocycles. The van der Waals surface area contributed by atoms with Gasteiger partial charge in [0.05, 0.1) is 17.9 Å². The number of aryl methyl sites for hydroxylation is 1. The average molecular weight is 421 g/mol. The quantitative estimate of drug-likeness (QED) is 0.412. The van der Waals surface area contributed by atoms with Crippen molar-refractivity contribution in [1.29, 1.82) is 0 Å². The number of hydrogen-bond donors (Lipinski definition) is 0. The van der Waals surface area contributed by atoms with Crippen LogP contribution in [0, 0.1) is 26.2 Å². The second kappa shape index (κ2) is 7.88. The van der Waals surface area contributed by atoms with Gasteiger partial charge in [-0.1, -0.05) is 37.9 Å². The summed E-state index contributed by atoms with van der Waals surface area (Å²) in [6.07, 6.45) is 11.4. The lowest BCUT2D eigenvalue weighted by Crippen LogP contribution is -2.23. The van der Waals surface area contributed by atoms with Gasteiger partial charge in [-0.3, -0.25) is 4.98 Å². The smallest absolute Gasteiger partial charge is 0.124 e. The fourth-order valence-electron chi connectivity index (χ4n) is 5.09. The Balaban J connectivity index is 2.03. The number of benzene rings is 1. The maximum atomic E-state index is 11.7. The molecule has 0 spiro atoms. The van der Waals surface area contributed by atoms with Gasteiger partial charge >= 0.3 is 0 Å². The third-order valence-electron chi connectivity index (χ3n) is 6.80. The topological polar surface area (TPSA) is 33.2 Å². The minimum absolute atomic E-state index is 0.354. The van der Waals surface area contributed by atoms with Crippen molar-refractivity contribution < 1.29 is 4.79 Å². The molecule has 2 heterocycles. The first-order chi connectivity index (χ1) is 14.3. The first kappa shape index (κ1) is 21.2. The number of pyridine rings is 1. The summed E-state index contributed by atoms with van der Waals surface area (Å²) in [5.74, 6) is 0. The van der Waals surface area contributed by atoms with Gasteiger partial charge in [-0.2, -0.15) is 0 Å². The number of aromatic nitrogens is 1. The SMILES string of the molecule is CSN1Cc2cc(C)cnc2-c2c(C)c(C3=CCC(C)(C)CC3)c(CC=O)c(C)c21. The first-order valence-corrected chi connectivity index (χ1v) is 12.0. The van der Waals surface area contributed by atoms with E-state index in [1.807, 2.05) is 6.20 Å². The van der Waals surface area contributed by atoms with Gasteiger partial charge in [-0.15, -0.1) is 0 Å². The van der Waals surface area contributed by atoms with Crippen LogP contribution in [0.2, 0.25) is 0 Å². The van der Waals surface area contributed by atoms with Crippen LogP contribution in [0.1, 0.15) is 66.5 Å². The fourth-order valence-corrected chi connectivity index (χ4v) is 5.77. The van der Waals surface area contributed by atoms with Crippen LogP contribution in [0.5, 0.6) is 0 Å². The summed E-state index contributed by atoms with van der Waals surface area (Å²) >= 11 is 1.75. The second-order valence-electron chi connectivity index (χ2n) is 9.54. The standard InChI is InChI=1S/C26H32N2OS/c1-16-13-20-15-28(30-6)25-17(2)21(9-12-29)22(18(3)23(25)24(20)27-14-16)19-7-10-26(4,5)11-8-19/h7,12-14H,8-11,15H2,1-6H3. The van der Waals surface area contributed by atoms with Crippen LogP contribution in [-0.4, -0.2) is 17.5 Å². The highest BCUT2D eigenvalue weighted by Gasteiger charge is 2.32. The van der Waals surface area contributed by atoms with E-state index in [1.165, 1.54) is 56.6 Å². The van der Waals surface area contributed by atoms with E-state index in [0.29, 0.717) is 11.8 Å². The molecule has 0 unspecified atom stereocenters. The zero-order valence-corrected chi connectivity index (χ0v) is 19.9. The Morgan fingerprint density at radius 3 is 2.60 bits per heavy atom. The Morgan fingerprint density at radius 1 is 1.20 bits per heavy atom. The van der Waals surface area contributed by atoms with Crippen molar-refractivity contribution in [2.75, 3.05) is 10.6 Å². The molecule has 1 aliphatic heterocycles. The van der Waals surface area contributed by atoms with Gasteiger partial charge < -0.3 is 9.10 Å². The maximum absolute atomic E-state index is 11.7. The summed E-state index contributed by atoms with van der Waals surface area (Å²) < 4.78 is 2.37. The van der Waals surface area contributed by atoms with Crippen LogP contribution in [0.15, 0.2) is 18.3 Å². The highest BCUT2D eigenvalue weighted by molar-refractivity contribution is 7.99. The molecule has 4 heteroatoms. The molecule has 1 aliphatic carbocycles. The number of rotatable bonds is 4. The Labute approximate surface area is 185 Å². The van der Waals surface area contributed by atoms with Gasteiger partial charge in [-0.05, 0) is 84.4 Å². The van der Waals surface area contributed by atoms with Gasteiger partial charge in [-0.25, -0.2) is 0 Å². The number of allylic oxidation sites excluding steroid dienone is 2. The molecule has 3 nitrogen and oxygen atoms in total. The lowest BCUT2D eigenvalue weighted by molar-refractivity contribution is -0.107. The van der Waals surface area contributed by atoms with Crippen LogP contribution >= 0.6 is 11.9 Å². The molecule has 0 fully saturated rings. The zero-order valence-electron chi connectivity index (χ0n) is 19.1. The lowest BCUT2D eigenvalue weighted by Gasteiger charge is -2.36. The molecule has 0 N–H and O–H groups in total. The molecule has 0 amide bonds. The molecule has 4 rings (SSSR count). The lowest BCUT2D eigenvalue weighted by atomic mass is 9.74. The number of fused-ring (bicyclic) bond motifs is 3. The zero-order chi connectivity index (χ0) is 21.6. The van der Waals surface area contributed by atoms with Gasteiger partial charge in [0.15, 0.2) is 0 Å². The fraction of sp³-hybridized carbons (Fsp3) is 0.462. The Kier molecular flexibility index (Phi) is 5.56. The molecule has 0 saturated heterocycles. The Bertz CT molecular complexity index is 1050. The Morgan fingerprint density at radius 2 is 1.97 bits per heavy atom. The van der Waals surface area contributed by atoms with Crippen molar-refractivity contribution in [2.24, 2.45) is 5.41 Å². The molecule has 1 aromatic carbocycles. The minimum atomic E-state index is 0.354. The third kappa shape index (κ3) is 3.49. The van der Waals surface area contributed by atoms with E-state index in [-0.39, 0.29) is 0 Å². The summed E-state index contributed by atoms with van der Waals surface area (Å²) in [7, 11) is 0. The van der Waals surface area contributed by atoms with Crippen LogP contribution in [0.3, 0.4) is 0 Å². The van der Waals surface area contributed by atoms with E-state index in [0.717, 1.165) is 31.4 Å². The van der Waals surface area contributed by atoms with E-state index in [1.54, 1.807) is 11.9 Å². The second-order valence-corrected chi connectivity index (χ2v) is 10.3. The predicted octanol–water partition coefficient (Wildman–Crippen LogP) is 6.61. The summed E-state index contributed by atoms with van der Waals surface area (Å²) in [4.78, 5) is 16.6. The minimum Gasteiger partial charge on any atom is -0.311 e. The average Bonchev–Trinajstić information content (AvgIpc) is 2.71. The molecule has 0 bridgehead atoms. The molecule has 0 atom stereocenters. The number of nitrogens with zero attached hydrogens (tertiary/aromatic N) is 2. The summed E-state index contributed by atoms with van der Waals surface area (Å²) in [6.45, 7) is 12.1. The van der Waals surface area contributed by atoms with Gasteiger partial charge in [0.2, 0.25) is 0 Å². The van der Waals surface area contributed by atoms with Crippen molar-refractivity contribution in [3.8, 4) is 11.3 Å². The van der Waals surface area contributed by atoms with Gasteiger partial charge in [0, 0.05) is 24.4 Å². The van der Waals surface area contributed by atoms with Crippen LogP contribution in [0.25, 0.3) is 16.8 Å². The largest absolute Gasteiger partial charge is 0.311 e. The van der Waals surface area contributed by atoms with Gasteiger partial charge in [0.1, 0.15) is 6.29 Å². The van der Waals surface area contributed by atoms with Crippen molar-refractivity contribution >= 4 is 29.5 Å². The van der Waals surface area contributed by atoms with Gasteiger partial charge in [0.25, 0.3) is 0 Å². The monoisotopic (exact) mass is 420 g/mol. The summed E-state index contributed by atoms with van der Waals surface area (Å²) in [5, 5.41) is 0. The number of hydrogen-bond acceptors (Lipinski definition) is 4. The predicted molar refractivity (Wildman–Crippen MR) is 129 cm³/mol. The molecule has 2 aromatic rings. The highest BCUT2D eigenvalue weighted by atomic mass is 32.2. The van der Waals surface area contributed by atoms with Crippen molar-refractivity contribution in [2.45, 2.75) is 66.8 Å². The van der Waals surface area contributed by atoms with E-state index < -0.39 is 0 Å². The van der Waals surface area contributed by atoms with E-state index in [2.05, 4.69) is 57.3 Å². The normalized spacial score (nSPS) is 17.3. The highest BCUT2D eigenvalue weighted by Crippen LogP contribution is 2.50. The van der Waals surface area contributed by atoms with E-state index in [9.17, 15) is 4.79 Å². The molecule has 0 radical (unpaired) electrons. The van der Waals surface area contributed by atoms with Crippen molar-refractivity contribution in [1.82, 2.24) is 4.98 Å². The number of aldehydes is 1. The van der Waals surface area contributed by atoms with Crippen molar-refractivity contribution in [3.63, 3.8) is 0 Å². The number of anilines is 1. The molecule has 158 valence electrons. The summed E-state index contributed by atoms with van der Waals surface area (Å²) in [6, 6.07) is 2.27. The van der Waals surface area contributed by atoms with Crippen LogP contribution in [-0.2, 0) is 17.8 Å². The molecular weight excluding hydrogens is 388 g/mol.